The minimum absolute atomic E-state index is 0.0164. The lowest BCUT2D eigenvalue weighted by Gasteiger charge is -2.11. The summed E-state index contributed by atoms with van der Waals surface area (Å²) in [7, 11) is 0. The van der Waals surface area contributed by atoms with E-state index in [0.717, 1.165) is 0 Å². The first-order valence-corrected chi connectivity index (χ1v) is 5.69. The standard InChI is InChI=1S/C12H10F3N3O/c1-6-2-3-19-9(6)11-17-8-5-16-4-7(8)10(18-11)12(13,14)15/h2-3,16H,4-5H2,1H3. The number of halogens is 3. The molecule has 1 aliphatic heterocycles. The van der Waals surface area contributed by atoms with E-state index in [9.17, 15) is 13.2 Å². The first kappa shape index (κ1) is 12.2. The van der Waals surface area contributed by atoms with Gasteiger partial charge in [0.05, 0.1) is 12.0 Å². The summed E-state index contributed by atoms with van der Waals surface area (Å²) in [4.78, 5) is 7.81. The van der Waals surface area contributed by atoms with Crippen LogP contribution in [-0.4, -0.2) is 9.97 Å². The first-order chi connectivity index (χ1) is 8.97. The van der Waals surface area contributed by atoms with Crippen LogP contribution in [0.15, 0.2) is 16.7 Å². The molecule has 7 heteroatoms. The van der Waals surface area contributed by atoms with Gasteiger partial charge in [0.15, 0.2) is 17.3 Å². The van der Waals surface area contributed by atoms with Gasteiger partial charge in [-0.05, 0) is 18.6 Å². The van der Waals surface area contributed by atoms with E-state index < -0.39 is 11.9 Å². The van der Waals surface area contributed by atoms with E-state index in [2.05, 4.69) is 15.3 Å². The number of hydrogen-bond acceptors (Lipinski definition) is 4. The summed E-state index contributed by atoms with van der Waals surface area (Å²) in [5, 5.41) is 2.85. The SMILES string of the molecule is Cc1ccoc1-c1nc2c(c(C(F)(F)F)n1)CNC2. The smallest absolute Gasteiger partial charge is 0.433 e. The van der Waals surface area contributed by atoms with Crippen molar-refractivity contribution in [1.82, 2.24) is 15.3 Å². The molecule has 1 N–H and O–H groups in total. The van der Waals surface area contributed by atoms with Gasteiger partial charge in [0.2, 0.25) is 0 Å². The Bertz CT molecular complexity index is 634. The number of nitrogens with one attached hydrogen (secondary N) is 1. The number of aromatic nitrogens is 2. The molecule has 0 amide bonds. The fraction of sp³-hybridized carbons (Fsp3) is 0.333. The quantitative estimate of drug-likeness (QED) is 0.864. The molecular weight excluding hydrogens is 259 g/mol. The van der Waals surface area contributed by atoms with E-state index in [4.69, 9.17) is 4.42 Å². The summed E-state index contributed by atoms with van der Waals surface area (Å²) in [6.07, 6.45) is -3.08. The number of furan rings is 1. The lowest BCUT2D eigenvalue weighted by Crippen LogP contribution is -2.14. The minimum atomic E-state index is -4.49. The zero-order valence-corrected chi connectivity index (χ0v) is 10.0. The zero-order chi connectivity index (χ0) is 13.6. The van der Waals surface area contributed by atoms with Crippen molar-refractivity contribution in [2.45, 2.75) is 26.2 Å². The predicted molar refractivity (Wildman–Crippen MR) is 60.0 cm³/mol. The highest BCUT2D eigenvalue weighted by Crippen LogP contribution is 2.35. The predicted octanol–water partition coefficient (Wildman–Crippen LogP) is 2.67. The van der Waals surface area contributed by atoms with Gasteiger partial charge in [-0.25, -0.2) is 9.97 Å². The molecule has 3 heterocycles. The maximum atomic E-state index is 13.0. The Labute approximate surface area is 106 Å². The van der Waals surface area contributed by atoms with E-state index in [1.807, 2.05) is 0 Å². The van der Waals surface area contributed by atoms with E-state index in [0.29, 0.717) is 17.8 Å². The molecule has 0 atom stereocenters. The number of nitrogens with zero attached hydrogens (tertiary/aromatic N) is 2. The number of hydrogen-bond donors (Lipinski definition) is 1. The number of rotatable bonds is 1. The maximum absolute atomic E-state index is 13.0. The van der Waals surface area contributed by atoms with Gasteiger partial charge < -0.3 is 9.73 Å². The van der Waals surface area contributed by atoms with Crippen LogP contribution in [0.1, 0.15) is 22.5 Å². The minimum Gasteiger partial charge on any atom is -0.461 e. The molecule has 0 saturated heterocycles. The van der Waals surface area contributed by atoms with Crippen molar-refractivity contribution in [3.05, 3.63) is 34.8 Å². The molecule has 2 aromatic heterocycles. The zero-order valence-electron chi connectivity index (χ0n) is 10.0. The second-order valence-electron chi connectivity index (χ2n) is 4.36. The Morgan fingerprint density at radius 3 is 2.68 bits per heavy atom. The maximum Gasteiger partial charge on any atom is 0.433 e. The van der Waals surface area contributed by atoms with E-state index in [1.165, 1.54) is 6.26 Å². The lowest BCUT2D eigenvalue weighted by atomic mass is 10.1. The highest BCUT2D eigenvalue weighted by Gasteiger charge is 2.38. The second kappa shape index (κ2) is 4.06. The van der Waals surface area contributed by atoms with Crippen LogP contribution in [0, 0.1) is 6.92 Å². The Kier molecular flexibility index (Phi) is 2.60. The summed E-state index contributed by atoms with van der Waals surface area (Å²) < 4.78 is 44.2. The summed E-state index contributed by atoms with van der Waals surface area (Å²) in [6, 6.07) is 1.66. The molecule has 0 unspecified atom stereocenters. The fourth-order valence-corrected chi connectivity index (χ4v) is 2.11. The van der Waals surface area contributed by atoms with Crippen LogP contribution in [0.2, 0.25) is 0 Å². The molecule has 0 fully saturated rings. The average molecular weight is 269 g/mol. The first-order valence-electron chi connectivity index (χ1n) is 5.69. The average Bonchev–Trinajstić information content (AvgIpc) is 2.94. The number of aryl methyl sites for hydroxylation is 1. The van der Waals surface area contributed by atoms with Gasteiger partial charge in [0.25, 0.3) is 0 Å². The van der Waals surface area contributed by atoms with Crippen LogP contribution < -0.4 is 5.32 Å². The lowest BCUT2D eigenvalue weighted by molar-refractivity contribution is -0.141. The number of fused-ring (bicyclic) bond motifs is 1. The van der Waals surface area contributed by atoms with Crippen molar-refractivity contribution in [1.29, 1.82) is 0 Å². The molecular formula is C12H10F3N3O. The third-order valence-corrected chi connectivity index (χ3v) is 3.02. The van der Waals surface area contributed by atoms with Crippen LogP contribution in [0.3, 0.4) is 0 Å². The van der Waals surface area contributed by atoms with E-state index >= 15 is 0 Å². The van der Waals surface area contributed by atoms with Crippen LogP contribution in [0.5, 0.6) is 0 Å². The molecule has 1 aliphatic rings. The van der Waals surface area contributed by atoms with Crippen molar-refractivity contribution in [2.75, 3.05) is 0 Å². The van der Waals surface area contributed by atoms with Crippen LogP contribution >= 0.6 is 0 Å². The van der Waals surface area contributed by atoms with E-state index in [-0.39, 0.29) is 23.7 Å². The van der Waals surface area contributed by atoms with Crippen molar-refractivity contribution >= 4 is 0 Å². The summed E-state index contributed by atoms with van der Waals surface area (Å²) >= 11 is 0. The largest absolute Gasteiger partial charge is 0.461 e. The molecule has 4 nitrogen and oxygen atoms in total. The molecule has 2 aromatic rings. The Hall–Kier alpha value is -1.89. The molecule has 0 spiro atoms. The fourth-order valence-electron chi connectivity index (χ4n) is 2.11. The molecule has 0 bridgehead atoms. The van der Waals surface area contributed by atoms with Gasteiger partial charge in [-0.2, -0.15) is 13.2 Å². The summed E-state index contributed by atoms with van der Waals surface area (Å²) in [5.41, 5.74) is 0.334. The Morgan fingerprint density at radius 1 is 1.26 bits per heavy atom. The van der Waals surface area contributed by atoms with Gasteiger partial charge >= 0.3 is 6.18 Å². The van der Waals surface area contributed by atoms with E-state index in [1.54, 1.807) is 13.0 Å². The topological polar surface area (TPSA) is 51.0 Å². The Morgan fingerprint density at radius 2 is 2.05 bits per heavy atom. The van der Waals surface area contributed by atoms with Crippen LogP contribution in [-0.2, 0) is 19.3 Å². The molecule has 0 aromatic carbocycles. The molecule has 100 valence electrons. The van der Waals surface area contributed by atoms with Gasteiger partial charge in [-0.15, -0.1) is 0 Å². The molecule has 0 aliphatic carbocycles. The van der Waals surface area contributed by atoms with Crippen LogP contribution in [0.4, 0.5) is 13.2 Å². The third-order valence-electron chi connectivity index (χ3n) is 3.02. The molecule has 3 rings (SSSR count). The van der Waals surface area contributed by atoms with Crippen molar-refractivity contribution in [2.24, 2.45) is 0 Å². The number of alkyl halides is 3. The summed E-state index contributed by atoms with van der Waals surface area (Å²) in [6.45, 7) is 2.19. The normalized spacial score (nSPS) is 14.7. The Balaban J connectivity index is 2.21. The van der Waals surface area contributed by atoms with Crippen molar-refractivity contribution < 1.29 is 17.6 Å². The molecule has 0 radical (unpaired) electrons. The van der Waals surface area contributed by atoms with Crippen LogP contribution in [0.25, 0.3) is 11.6 Å². The highest BCUT2D eigenvalue weighted by atomic mass is 19.4. The highest BCUT2D eigenvalue weighted by molar-refractivity contribution is 5.53. The monoisotopic (exact) mass is 269 g/mol. The molecule has 0 saturated carbocycles. The van der Waals surface area contributed by atoms with Gasteiger partial charge in [0.1, 0.15) is 0 Å². The van der Waals surface area contributed by atoms with Gasteiger partial charge in [-0.1, -0.05) is 0 Å². The van der Waals surface area contributed by atoms with Gasteiger partial charge in [-0.3, -0.25) is 0 Å². The third kappa shape index (κ3) is 1.99. The molecule has 19 heavy (non-hydrogen) atoms. The van der Waals surface area contributed by atoms with Crippen molar-refractivity contribution in [3.63, 3.8) is 0 Å². The second-order valence-corrected chi connectivity index (χ2v) is 4.36. The van der Waals surface area contributed by atoms with Gasteiger partial charge in [0, 0.05) is 18.7 Å². The van der Waals surface area contributed by atoms with Crippen molar-refractivity contribution in [3.8, 4) is 11.6 Å². The summed E-state index contributed by atoms with van der Waals surface area (Å²) in [5.74, 6) is 0.262.